The first kappa shape index (κ1) is 13.2. The first-order chi connectivity index (χ1) is 8.70. The Labute approximate surface area is 112 Å². The Hall–Kier alpha value is -1.27. The van der Waals surface area contributed by atoms with Crippen molar-refractivity contribution >= 4 is 23.2 Å². The average Bonchev–Trinajstić information content (AvgIpc) is 2.39. The number of thiocarbonyl (C=S) groups is 1. The molecular formula is C12H18N4OS. The van der Waals surface area contributed by atoms with Gasteiger partial charge in [0, 0.05) is 25.9 Å². The first-order valence-electron chi connectivity index (χ1n) is 6.19. The number of nitrogens with two attached hydrogens (primary N) is 1. The van der Waals surface area contributed by atoms with Gasteiger partial charge in [-0.25, -0.2) is 9.97 Å². The predicted molar refractivity (Wildman–Crippen MR) is 74.6 cm³/mol. The zero-order valence-corrected chi connectivity index (χ0v) is 11.1. The van der Waals surface area contributed by atoms with Crippen LogP contribution in [0.4, 0.5) is 5.95 Å². The third-order valence-corrected chi connectivity index (χ3v) is 3.44. The minimum absolute atomic E-state index is 0.242. The number of hydrogen-bond donors (Lipinski definition) is 2. The number of aromatic nitrogens is 2. The van der Waals surface area contributed by atoms with Crippen LogP contribution < -0.4 is 10.6 Å². The Balaban J connectivity index is 2.10. The van der Waals surface area contributed by atoms with E-state index < -0.39 is 0 Å². The maximum atomic E-state index is 9.01. The Morgan fingerprint density at radius 1 is 1.61 bits per heavy atom. The van der Waals surface area contributed by atoms with Crippen LogP contribution in [0.15, 0.2) is 12.3 Å². The molecule has 0 radical (unpaired) electrons. The molecule has 0 aromatic carbocycles. The van der Waals surface area contributed by atoms with Crippen LogP contribution in [-0.2, 0) is 0 Å². The van der Waals surface area contributed by atoms with E-state index in [1.165, 1.54) is 0 Å². The van der Waals surface area contributed by atoms with Crippen molar-refractivity contribution in [1.82, 2.24) is 9.97 Å². The maximum Gasteiger partial charge on any atom is 0.225 e. The van der Waals surface area contributed by atoms with E-state index in [2.05, 4.69) is 14.9 Å². The second-order valence-electron chi connectivity index (χ2n) is 4.57. The van der Waals surface area contributed by atoms with Gasteiger partial charge >= 0.3 is 0 Å². The second kappa shape index (κ2) is 6.06. The molecule has 2 rings (SSSR count). The number of anilines is 1. The highest BCUT2D eigenvalue weighted by atomic mass is 32.1. The third kappa shape index (κ3) is 3.14. The number of piperidine rings is 1. The summed E-state index contributed by atoms with van der Waals surface area (Å²) in [5.74, 6) is 1.20. The zero-order chi connectivity index (χ0) is 13.0. The fraction of sp³-hybridized carbons (Fsp3) is 0.583. The maximum absolute atomic E-state index is 9.01. The average molecular weight is 266 g/mol. The smallest absolute Gasteiger partial charge is 0.225 e. The van der Waals surface area contributed by atoms with Gasteiger partial charge in [0.2, 0.25) is 5.95 Å². The number of aliphatic hydroxyl groups excluding tert-OH is 1. The molecule has 1 fully saturated rings. The molecule has 1 unspecified atom stereocenters. The molecule has 0 amide bonds. The van der Waals surface area contributed by atoms with E-state index in [-0.39, 0.29) is 6.61 Å². The summed E-state index contributed by atoms with van der Waals surface area (Å²) in [4.78, 5) is 11.1. The van der Waals surface area contributed by atoms with Crippen LogP contribution in [0.25, 0.3) is 0 Å². The lowest BCUT2D eigenvalue weighted by Gasteiger charge is -2.32. The minimum atomic E-state index is 0.242. The molecule has 0 saturated carbocycles. The second-order valence-corrected chi connectivity index (χ2v) is 5.01. The SMILES string of the molecule is NC(=S)c1ccnc(N2CCCC(CCO)C2)n1. The molecule has 6 heteroatoms. The van der Waals surface area contributed by atoms with Gasteiger partial charge in [0.25, 0.3) is 0 Å². The number of aliphatic hydroxyl groups is 1. The summed E-state index contributed by atoms with van der Waals surface area (Å²) < 4.78 is 0. The van der Waals surface area contributed by atoms with Gasteiger partial charge in [-0.2, -0.15) is 0 Å². The first-order valence-corrected chi connectivity index (χ1v) is 6.60. The van der Waals surface area contributed by atoms with Crippen molar-refractivity contribution in [3.8, 4) is 0 Å². The van der Waals surface area contributed by atoms with Crippen molar-refractivity contribution in [2.75, 3.05) is 24.6 Å². The Kier molecular flexibility index (Phi) is 4.43. The molecule has 1 saturated heterocycles. The molecule has 2 heterocycles. The van der Waals surface area contributed by atoms with E-state index in [1.807, 2.05) is 0 Å². The Morgan fingerprint density at radius 3 is 3.17 bits per heavy atom. The summed E-state index contributed by atoms with van der Waals surface area (Å²) in [6.45, 7) is 2.08. The molecule has 0 bridgehead atoms. The molecule has 1 aliphatic rings. The van der Waals surface area contributed by atoms with Crippen LogP contribution in [-0.4, -0.2) is 39.8 Å². The molecule has 1 aromatic heterocycles. The summed E-state index contributed by atoms with van der Waals surface area (Å²) in [7, 11) is 0. The van der Waals surface area contributed by atoms with Gasteiger partial charge in [-0.05, 0) is 31.2 Å². The lowest BCUT2D eigenvalue weighted by molar-refractivity contribution is 0.244. The highest BCUT2D eigenvalue weighted by molar-refractivity contribution is 7.80. The van der Waals surface area contributed by atoms with E-state index in [1.54, 1.807) is 12.3 Å². The fourth-order valence-corrected chi connectivity index (χ4v) is 2.42. The van der Waals surface area contributed by atoms with Crippen molar-refractivity contribution < 1.29 is 5.11 Å². The van der Waals surface area contributed by atoms with E-state index >= 15 is 0 Å². The number of rotatable bonds is 4. The van der Waals surface area contributed by atoms with Crippen LogP contribution in [0.1, 0.15) is 25.0 Å². The third-order valence-electron chi connectivity index (χ3n) is 3.23. The molecule has 98 valence electrons. The molecular weight excluding hydrogens is 248 g/mol. The van der Waals surface area contributed by atoms with Crippen LogP contribution >= 0.6 is 12.2 Å². The normalized spacial score (nSPS) is 19.8. The molecule has 5 nitrogen and oxygen atoms in total. The van der Waals surface area contributed by atoms with E-state index in [0.717, 1.165) is 32.4 Å². The van der Waals surface area contributed by atoms with Gasteiger partial charge in [0.05, 0.1) is 0 Å². The summed E-state index contributed by atoms with van der Waals surface area (Å²) >= 11 is 4.92. The molecule has 0 spiro atoms. The van der Waals surface area contributed by atoms with Gasteiger partial charge < -0.3 is 15.7 Å². The molecule has 1 atom stereocenters. The van der Waals surface area contributed by atoms with Crippen molar-refractivity contribution in [3.63, 3.8) is 0 Å². The van der Waals surface area contributed by atoms with Crippen LogP contribution in [0.5, 0.6) is 0 Å². The van der Waals surface area contributed by atoms with Crippen LogP contribution in [0, 0.1) is 5.92 Å². The van der Waals surface area contributed by atoms with Crippen molar-refractivity contribution in [1.29, 1.82) is 0 Å². The largest absolute Gasteiger partial charge is 0.396 e. The topological polar surface area (TPSA) is 75.3 Å². The van der Waals surface area contributed by atoms with Gasteiger partial charge in [0.15, 0.2) is 0 Å². The van der Waals surface area contributed by atoms with Crippen LogP contribution in [0.3, 0.4) is 0 Å². The van der Waals surface area contributed by atoms with Gasteiger partial charge in [-0.15, -0.1) is 0 Å². The Morgan fingerprint density at radius 2 is 2.44 bits per heavy atom. The van der Waals surface area contributed by atoms with E-state index in [0.29, 0.717) is 22.5 Å². The zero-order valence-electron chi connectivity index (χ0n) is 10.2. The Bertz CT molecular complexity index is 424. The van der Waals surface area contributed by atoms with Crippen molar-refractivity contribution in [2.24, 2.45) is 11.7 Å². The summed E-state index contributed by atoms with van der Waals surface area (Å²) in [5.41, 5.74) is 6.19. The lowest BCUT2D eigenvalue weighted by atomic mass is 9.95. The standard InChI is InChI=1S/C12H18N4OS/c13-11(18)10-3-5-14-12(15-10)16-6-1-2-9(8-16)4-7-17/h3,5,9,17H,1-2,4,6-8H2,(H2,13,18). The lowest BCUT2D eigenvalue weighted by Crippen LogP contribution is -2.37. The summed E-state index contributed by atoms with van der Waals surface area (Å²) in [6.07, 6.45) is 4.79. The molecule has 1 aromatic rings. The van der Waals surface area contributed by atoms with Gasteiger partial charge in [-0.3, -0.25) is 0 Å². The highest BCUT2D eigenvalue weighted by Crippen LogP contribution is 2.22. The molecule has 3 N–H and O–H groups in total. The minimum Gasteiger partial charge on any atom is -0.396 e. The van der Waals surface area contributed by atoms with E-state index in [9.17, 15) is 0 Å². The predicted octanol–water partition coefficient (Wildman–Crippen LogP) is 0.710. The molecule has 1 aliphatic heterocycles. The molecule has 0 aliphatic carbocycles. The summed E-state index contributed by atoms with van der Waals surface area (Å²) in [5, 5.41) is 9.01. The number of nitrogens with zero attached hydrogens (tertiary/aromatic N) is 3. The van der Waals surface area contributed by atoms with Crippen molar-refractivity contribution in [2.45, 2.75) is 19.3 Å². The van der Waals surface area contributed by atoms with E-state index in [4.69, 9.17) is 23.1 Å². The molecule has 18 heavy (non-hydrogen) atoms. The highest BCUT2D eigenvalue weighted by Gasteiger charge is 2.21. The summed E-state index contributed by atoms with van der Waals surface area (Å²) in [6, 6.07) is 1.72. The fourth-order valence-electron chi connectivity index (χ4n) is 2.30. The van der Waals surface area contributed by atoms with Crippen LogP contribution in [0.2, 0.25) is 0 Å². The van der Waals surface area contributed by atoms with Gasteiger partial charge in [-0.1, -0.05) is 12.2 Å². The quantitative estimate of drug-likeness (QED) is 0.782. The monoisotopic (exact) mass is 266 g/mol. The van der Waals surface area contributed by atoms with Gasteiger partial charge in [0.1, 0.15) is 10.7 Å². The number of hydrogen-bond acceptors (Lipinski definition) is 5. The van der Waals surface area contributed by atoms with Crippen molar-refractivity contribution in [3.05, 3.63) is 18.0 Å².